The number of rotatable bonds is 9. The smallest absolute Gasteiger partial charge is 0.408 e. The maximum Gasteiger partial charge on any atom is 0.408 e. The van der Waals surface area contributed by atoms with Crippen LogP contribution in [0.1, 0.15) is 57.8 Å². The van der Waals surface area contributed by atoms with Gasteiger partial charge in [-0.15, -0.1) is 0 Å². The van der Waals surface area contributed by atoms with E-state index in [2.05, 4.69) is 10.6 Å². The lowest BCUT2D eigenvalue weighted by molar-refractivity contribution is -0.142. The summed E-state index contributed by atoms with van der Waals surface area (Å²) in [5.41, 5.74) is 5.42. The molecule has 1 rings (SSSR count). The van der Waals surface area contributed by atoms with E-state index in [1.54, 1.807) is 39.8 Å². The molecule has 0 aromatic heterocycles. The number of nitrogens with one attached hydrogen (secondary N) is 2. The molecule has 0 saturated heterocycles. The molecule has 30 heavy (non-hydrogen) atoms. The molecule has 0 spiro atoms. The van der Waals surface area contributed by atoms with Crippen molar-refractivity contribution in [3.05, 3.63) is 29.8 Å². The number of hydrogen-bond acceptors (Lipinski definition) is 6. The van der Waals surface area contributed by atoms with Crippen LogP contribution in [0.2, 0.25) is 0 Å². The maximum atomic E-state index is 12.8. The Morgan fingerprint density at radius 2 is 1.73 bits per heavy atom. The van der Waals surface area contributed by atoms with Crippen LogP contribution in [0.4, 0.5) is 10.5 Å². The number of carboxylic acids is 1. The third-order valence-electron chi connectivity index (χ3n) is 4.43. The van der Waals surface area contributed by atoms with Gasteiger partial charge >= 0.3 is 12.1 Å². The second-order valence-electron chi connectivity index (χ2n) is 8.12. The van der Waals surface area contributed by atoms with Crippen molar-refractivity contribution >= 4 is 29.4 Å². The number of ether oxygens (including phenoxy) is 1. The Morgan fingerprint density at radius 1 is 1.13 bits per heavy atom. The number of hydrogen-bond donors (Lipinski definition) is 4. The Hall–Kier alpha value is -3.10. The van der Waals surface area contributed by atoms with E-state index in [-0.39, 0.29) is 17.2 Å². The summed E-state index contributed by atoms with van der Waals surface area (Å²) >= 11 is 0. The molecule has 0 saturated carbocycles. The molecule has 0 radical (unpaired) electrons. The maximum absolute atomic E-state index is 12.8. The number of amides is 2. The molecule has 0 unspecified atom stereocenters. The number of carboxylic acid groups (broad SMARTS) is 1. The van der Waals surface area contributed by atoms with Gasteiger partial charge in [0.1, 0.15) is 17.7 Å². The van der Waals surface area contributed by atoms with Crippen LogP contribution in [0, 0.1) is 5.92 Å². The molecule has 0 aliphatic carbocycles. The van der Waals surface area contributed by atoms with Crippen LogP contribution in [-0.2, 0) is 14.3 Å². The van der Waals surface area contributed by atoms with Crippen molar-refractivity contribution in [1.82, 2.24) is 10.6 Å². The number of carbonyl (C=O) groups is 4. The number of alkyl carbamates (subject to hydrolysis) is 1. The van der Waals surface area contributed by atoms with Crippen molar-refractivity contribution in [2.45, 2.75) is 65.1 Å². The van der Waals surface area contributed by atoms with Gasteiger partial charge in [-0.3, -0.25) is 9.59 Å². The summed E-state index contributed by atoms with van der Waals surface area (Å²) in [6.07, 6.45) is -0.719. The molecule has 3 atom stereocenters. The van der Waals surface area contributed by atoms with Gasteiger partial charge < -0.3 is 26.2 Å². The van der Waals surface area contributed by atoms with Crippen LogP contribution in [0.15, 0.2) is 24.3 Å². The van der Waals surface area contributed by atoms with Crippen LogP contribution in [0.25, 0.3) is 0 Å². The standard InChI is InChI=1S/C21H31N3O6/c1-6-12(2)17(24-20(29)30-21(3,4)5)18(26)23-15(19(27)28)11-16(25)13-9-7-8-10-14(13)22/h7-10,12,15,17H,6,11,22H2,1-5H3,(H,23,26)(H,24,29)(H,27,28)/t12-,15-,17-/m0/s1. The van der Waals surface area contributed by atoms with E-state index in [0.717, 1.165) is 0 Å². The Bertz CT molecular complexity index is 787. The average molecular weight is 421 g/mol. The molecule has 2 amide bonds. The third kappa shape index (κ3) is 7.73. The number of benzene rings is 1. The highest BCUT2D eigenvalue weighted by atomic mass is 16.6. The van der Waals surface area contributed by atoms with E-state index >= 15 is 0 Å². The van der Waals surface area contributed by atoms with Gasteiger partial charge in [-0.05, 0) is 38.8 Å². The highest BCUT2D eigenvalue weighted by molar-refractivity contribution is 6.03. The highest BCUT2D eigenvalue weighted by Crippen LogP contribution is 2.15. The quantitative estimate of drug-likeness (QED) is 0.353. The van der Waals surface area contributed by atoms with Crippen LogP contribution in [-0.4, -0.2) is 46.5 Å². The summed E-state index contributed by atoms with van der Waals surface area (Å²) in [6.45, 7) is 8.64. The number of nitrogens with two attached hydrogens (primary N) is 1. The molecule has 9 heteroatoms. The highest BCUT2D eigenvalue weighted by Gasteiger charge is 2.32. The van der Waals surface area contributed by atoms with E-state index in [4.69, 9.17) is 10.5 Å². The van der Waals surface area contributed by atoms with E-state index in [9.17, 15) is 24.3 Å². The number of para-hydroxylation sites is 1. The molecule has 0 heterocycles. The SMILES string of the molecule is CC[C@H](C)[C@H](NC(=O)OC(C)(C)C)C(=O)N[C@@H](CC(=O)c1ccccc1N)C(=O)O. The second kappa shape index (κ2) is 10.6. The molecule has 0 fully saturated rings. The number of carbonyl (C=O) groups excluding carboxylic acids is 3. The molecule has 9 nitrogen and oxygen atoms in total. The van der Waals surface area contributed by atoms with Gasteiger partial charge in [0.15, 0.2) is 5.78 Å². The number of aliphatic carboxylic acids is 1. The van der Waals surface area contributed by atoms with Crippen molar-refractivity contribution in [3.63, 3.8) is 0 Å². The molecule has 1 aromatic rings. The first-order valence-electron chi connectivity index (χ1n) is 9.76. The summed E-state index contributed by atoms with van der Waals surface area (Å²) in [5.74, 6) is -2.89. The third-order valence-corrected chi connectivity index (χ3v) is 4.43. The minimum atomic E-state index is -1.48. The largest absolute Gasteiger partial charge is 0.480 e. The zero-order valence-corrected chi connectivity index (χ0v) is 18.0. The average Bonchev–Trinajstić information content (AvgIpc) is 2.63. The number of nitrogen functional groups attached to an aromatic ring is 1. The predicted molar refractivity (Wildman–Crippen MR) is 112 cm³/mol. The van der Waals surface area contributed by atoms with E-state index in [1.807, 2.05) is 6.92 Å². The molecule has 0 aliphatic rings. The fourth-order valence-electron chi connectivity index (χ4n) is 2.64. The number of anilines is 1. The Morgan fingerprint density at radius 3 is 2.23 bits per heavy atom. The second-order valence-corrected chi connectivity index (χ2v) is 8.12. The van der Waals surface area contributed by atoms with Gasteiger partial charge in [-0.2, -0.15) is 0 Å². The van der Waals surface area contributed by atoms with Crippen molar-refractivity contribution in [2.75, 3.05) is 5.73 Å². The van der Waals surface area contributed by atoms with Gasteiger partial charge in [0.05, 0.1) is 0 Å². The van der Waals surface area contributed by atoms with Crippen molar-refractivity contribution in [1.29, 1.82) is 0 Å². The van der Waals surface area contributed by atoms with Crippen LogP contribution < -0.4 is 16.4 Å². The van der Waals surface area contributed by atoms with Crippen molar-refractivity contribution < 1.29 is 29.0 Å². The lowest BCUT2D eigenvalue weighted by Gasteiger charge is -2.27. The van der Waals surface area contributed by atoms with Gasteiger partial charge in [-0.25, -0.2) is 9.59 Å². The zero-order chi connectivity index (χ0) is 23.1. The minimum Gasteiger partial charge on any atom is -0.480 e. The lowest BCUT2D eigenvalue weighted by atomic mass is 9.97. The summed E-state index contributed by atoms with van der Waals surface area (Å²) in [4.78, 5) is 49.0. The van der Waals surface area contributed by atoms with Gasteiger partial charge in [0.2, 0.25) is 5.91 Å². The Kier molecular flexibility index (Phi) is 8.82. The van der Waals surface area contributed by atoms with Gasteiger partial charge in [0.25, 0.3) is 0 Å². The fraction of sp³-hybridized carbons (Fsp3) is 0.524. The topological polar surface area (TPSA) is 148 Å². The fourth-order valence-corrected chi connectivity index (χ4v) is 2.64. The number of Topliss-reactive ketones (excluding diaryl/α,β-unsaturated/α-hetero) is 1. The normalized spacial score (nSPS) is 14.2. The summed E-state index contributed by atoms with van der Waals surface area (Å²) < 4.78 is 5.19. The number of ketones is 1. The Balaban J connectivity index is 2.94. The van der Waals surface area contributed by atoms with E-state index in [0.29, 0.717) is 6.42 Å². The van der Waals surface area contributed by atoms with Crippen LogP contribution in [0.5, 0.6) is 0 Å². The van der Waals surface area contributed by atoms with Crippen molar-refractivity contribution in [2.24, 2.45) is 5.92 Å². The first kappa shape index (κ1) is 24.9. The summed E-state index contributed by atoms with van der Waals surface area (Å²) in [5, 5.41) is 14.3. The lowest BCUT2D eigenvalue weighted by Crippen LogP contribution is -2.55. The van der Waals surface area contributed by atoms with Crippen molar-refractivity contribution in [3.8, 4) is 0 Å². The monoisotopic (exact) mass is 421 g/mol. The molecular formula is C21H31N3O6. The summed E-state index contributed by atoms with van der Waals surface area (Å²) in [6, 6.07) is 3.79. The Labute approximate surface area is 176 Å². The summed E-state index contributed by atoms with van der Waals surface area (Å²) in [7, 11) is 0. The zero-order valence-electron chi connectivity index (χ0n) is 18.0. The van der Waals surface area contributed by atoms with E-state index in [1.165, 1.54) is 12.1 Å². The molecule has 1 aromatic carbocycles. The van der Waals surface area contributed by atoms with E-state index < -0.39 is 47.9 Å². The molecular weight excluding hydrogens is 390 g/mol. The molecule has 0 bridgehead atoms. The predicted octanol–water partition coefficient (Wildman–Crippen LogP) is 2.35. The minimum absolute atomic E-state index is 0.184. The molecule has 166 valence electrons. The first-order chi connectivity index (χ1) is 13.9. The van der Waals surface area contributed by atoms with Gasteiger partial charge in [0, 0.05) is 17.7 Å². The first-order valence-corrected chi connectivity index (χ1v) is 9.76. The van der Waals surface area contributed by atoms with Crippen LogP contribution in [0.3, 0.4) is 0 Å². The van der Waals surface area contributed by atoms with Gasteiger partial charge in [-0.1, -0.05) is 32.4 Å². The molecule has 0 aliphatic heterocycles. The molecule has 5 N–H and O–H groups in total. The van der Waals surface area contributed by atoms with Crippen LogP contribution >= 0.6 is 0 Å².